The Kier molecular flexibility index (Phi) is 5.77. The van der Waals surface area contributed by atoms with Crippen LogP contribution in [0.4, 0.5) is 0 Å². The van der Waals surface area contributed by atoms with Gasteiger partial charge in [-0.2, -0.15) is 0 Å². The molecule has 1 aromatic rings. The van der Waals surface area contributed by atoms with Crippen molar-refractivity contribution in [3.8, 4) is 5.75 Å². The third kappa shape index (κ3) is 6.04. The summed E-state index contributed by atoms with van der Waals surface area (Å²) in [5.74, 6) is -0.155. The van der Waals surface area contributed by atoms with Crippen LogP contribution in [0.25, 0.3) is 0 Å². The van der Waals surface area contributed by atoms with Crippen LogP contribution in [0.3, 0.4) is 0 Å². The van der Waals surface area contributed by atoms with E-state index >= 15 is 0 Å². The first kappa shape index (κ1) is 15.8. The Morgan fingerprint density at radius 2 is 1.70 bits per heavy atom. The number of rotatable bonds is 4. The minimum atomic E-state index is -0.417. The Morgan fingerprint density at radius 3 is 2.25 bits per heavy atom. The van der Waals surface area contributed by atoms with Gasteiger partial charge in [-0.25, -0.2) is 0 Å². The van der Waals surface area contributed by atoms with E-state index in [1.807, 2.05) is 32.0 Å². The number of ether oxygens (including phenoxy) is 1. The summed E-state index contributed by atoms with van der Waals surface area (Å²) in [5.41, 5.74) is 7.54. The maximum Gasteiger partial charge on any atom is 0.276 e. The zero-order chi connectivity index (χ0) is 15.1. The highest BCUT2D eigenvalue weighted by Gasteiger charge is 2.04. The Morgan fingerprint density at radius 1 is 1.10 bits per heavy atom. The van der Waals surface area contributed by atoms with Crippen molar-refractivity contribution in [2.75, 3.05) is 6.61 Å². The van der Waals surface area contributed by atoms with Crippen LogP contribution in [0.2, 0.25) is 0 Å². The normalized spacial score (nSPS) is 9.60. The summed E-state index contributed by atoms with van der Waals surface area (Å²) in [6.07, 6.45) is 1.39. The quantitative estimate of drug-likeness (QED) is 0.651. The van der Waals surface area contributed by atoms with Crippen molar-refractivity contribution in [1.29, 1.82) is 0 Å². The van der Waals surface area contributed by atoms with Gasteiger partial charge in [-0.05, 0) is 51.0 Å². The number of carbonyl (C=O) groups is 2. The van der Waals surface area contributed by atoms with Gasteiger partial charge in [0, 0.05) is 6.08 Å². The third-order valence-corrected chi connectivity index (χ3v) is 2.31. The highest BCUT2D eigenvalue weighted by Crippen LogP contribution is 2.15. The lowest BCUT2D eigenvalue weighted by molar-refractivity contribution is -0.128. The average molecular weight is 276 g/mol. The van der Waals surface area contributed by atoms with E-state index in [0.29, 0.717) is 5.75 Å². The standard InChI is InChI=1S/C15H20N2O3/c1-10(2)5-14(18)16-17-15(19)9-20-13-7-11(3)6-12(4)8-13/h5-8H,9H2,1-4H3,(H,16,18)(H,17,19). The van der Waals surface area contributed by atoms with Gasteiger partial charge >= 0.3 is 0 Å². The predicted molar refractivity (Wildman–Crippen MR) is 77.1 cm³/mol. The highest BCUT2D eigenvalue weighted by molar-refractivity contribution is 5.90. The van der Waals surface area contributed by atoms with Gasteiger partial charge in [0.15, 0.2) is 6.61 Å². The fourth-order valence-corrected chi connectivity index (χ4v) is 1.63. The summed E-state index contributed by atoms with van der Waals surface area (Å²) in [4.78, 5) is 22.8. The molecule has 0 aromatic heterocycles. The van der Waals surface area contributed by atoms with Crippen LogP contribution in [0.1, 0.15) is 25.0 Å². The highest BCUT2D eigenvalue weighted by atomic mass is 16.5. The molecule has 0 saturated carbocycles. The van der Waals surface area contributed by atoms with Crippen molar-refractivity contribution in [3.05, 3.63) is 41.0 Å². The molecular formula is C15H20N2O3. The first-order valence-electron chi connectivity index (χ1n) is 6.31. The number of hydrazine groups is 1. The maximum absolute atomic E-state index is 11.5. The summed E-state index contributed by atoms with van der Waals surface area (Å²) >= 11 is 0. The third-order valence-electron chi connectivity index (χ3n) is 2.31. The fraction of sp³-hybridized carbons (Fsp3) is 0.333. The second kappa shape index (κ2) is 7.33. The number of allylic oxidation sites excluding steroid dienone is 1. The first-order valence-corrected chi connectivity index (χ1v) is 6.31. The van der Waals surface area contributed by atoms with E-state index in [-0.39, 0.29) is 12.5 Å². The number of hydrogen-bond acceptors (Lipinski definition) is 3. The molecule has 2 amide bonds. The van der Waals surface area contributed by atoms with Crippen molar-refractivity contribution in [1.82, 2.24) is 10.9 Å². The van der Waals surface area contributed by atoms with Gasteiger partial charge in [0.1, 0.15) is 5.75 Å². The Hall–Kier alpha value is -2.30. The molecule has 0 aliphatic heterocycles. The number of nitrogens with one attached hydrogen (secondary N) is 2. The van der Waals surface area contributed by atoms with Crippen LogP contribution in [0.15, 0.2) is 29.8 Å². The summed E-state index contributed by atoms with van der Waals surface area (Å²) in [6.45, 7) is 7.35. The van der Waals surface area contributed by atoms with E-state index in [4.69, 9.17) is 4.74 Å². The summed E-state index contributed by atoms with van der Waals surface area (Å²) in [5, 5.41) is 0. The van der Waals surface area contributed by atoms with Crippen LogP contribution in [-0.2, 0) is 9.59 Å². The molecule has 0 heterocycles. The molecule has 108 valence electrons. The van der Waals surface area contributed by atoms with E-state index in [9.17, 15) is 9.59 Å². The first-order chi connectivity index (χ1) is 9.36. The van der Waals surface area contributed by atoms with Gasteiger partial charge < -0.3 is 4.74 Å². The molecule has 0 bridgehead atoms. The van der Waals surface area contributed by atoms with Crippen molar-refractivity contribution in [2.45, 2.75) is 27.7 Å². The second-order valence-corrected chi connectivity index (χ2v) is 4.87. The second-order valence-electron chi connectivity index (χ2n) is 4.87. The van der Waals surface area contributed by atoms with Gasteiger partial charge in [0.2, 0.25) is 0 Å². The van der Waals surface area contributed by atoms with Crippen molar-refractivity contribution in [2.24, 2.45) is 0 Å². The molecule has 0 atom stereocenters. The zero-order valence-electron chi connectivity index (χ0n) is 12.2. The minimum absolute atomic E-state index is 0.155. The van der Waals surface area contributed by atoms with E-state index in [0.717, 1.165) is 16.7 Å². The molecule has 0 saturated heterocycles. The number of hydrogen-bond donors (Lipinski definition) is 2. The molecule has 5 nitrogen and oxygen atoms in total. The Labute approximate surface area is 119 Å². The van der Waals surface area contributed by atoms with Gasteiger partial charge in [0.05, 0.1) is 0 Å². The smallest absolute Gasteiger partial charge is 0.276 e. The average Bonchev–Trinajstić information content (AvgIpc) is 2.32. The predicted octanol–water partition coefficient (Wildman–Crippen LogP) is 1.80. The van der Waals surface area contributed by atoms with Crippen molar-refractivity contribution >= 4 is 11.8 Å². The van der Waals surface area contributed by atoms with E-state index in [1.54, 1.807) is 13.8 Å². The lowest BCUT2D eigenvalue weighted by Crippen LogP contribution is -2.43. The Bertz CT molecular complexity index is 512. The van der Waals surface area contributed by atoms with Crippen LogP contribution in [0.5, 0.6) is 5.75 Å². The lowest BCUT2D eigenvalue weighted by atomic mass is 10.1. The molecule has 0 spiro atoms. The van der Waals surface area contributed by atoms with E-state index in [2.05, 4.69) is 10.9 Å². The SMILES string of the molecule is CC(C)=CC(=O)NNC(=O)COc1cc(C)cc(C)c1. The number of aryl methyl sites for hydroxylation is 2. The van der Waals surface area contributed by atoms with Crippen molar-refractivity contribution in [3.63, 3.8) is 0 Å². The lowest BCUT2D eigenvalue weighted by Gasteiger charge is -2.09. The summed E-state index contributed by atoms with van der Waals surface area (Å²) in [7, 11) is 0. The van der Waals surface area contributed by atoms with E-state index < -0.39 is 5.91 Å². The zero-order valence-corrected chi connectivity index (χ0v) is 12.2. The Balaban J connectivity index is 2.40. The molecule has 20 heavy (non-hydrogen) atoms. The molecule has 0 radical (unpaired) electrons. The molecule has 1 aromatic carbocycles. The fourth-order valence-electron chi connectivity index (χ4n) is 1.63. The minimum Gasteiger partial charge on any atom is -0.484 e. The van der Waals surface area contributed by atoms with E-state index in [1.165, 1.54) is 6.08 Å². The van der Waals surface area contributed by atoms with Gasteiger partial charge in [-0.1, -0.05) is 11.6 Å². The molecule has 0 aliphatic carbocycles. The molecule has 1 rings (SSSR count). The monoisotopic (exact) mass is 276 g/mol. The maximum atomic E-state index is 11.5. The molecule has 0 unspecified atom stereocenters. The largest absolute Gasteiger partial charge is 0.484 e. The number of carbonyl (C=O) groups excluding carboxylic acids is 2. The number of benzene rings is 1. The van der Waals surface area contributed by atoms with Gasteiger partial charge in [0.25, 0.3) is 11.8 Å². The van der Waals surface area contributed by atoms with Gasteiger partial charge in [-0.3, -0.25) is 20.4 Å². The molecule has 5 heteroatoms. The summed E-state index contributed by atoms with van der Waals surface area (Å²) in [6, 6.07) is 5.72. The van der Waals surface area contributed by atoms with Crippen molar-refractivity contribution < 1.29 is 14.3 Å². The molecule has 0 aliphatic rings. The molecule has 2 N–H and O–H groups in total. The van der Waals surface area contributed by atoms with Crippen LogP contribution in [0, 0.1) is 13.8 Å². The molecule has 0 fully saturated rings. The van der Waals surface area contributed by atoms with Crippen LogP contribution < -0.4 is 15.6 Å². The van der Waals surface area contributed by atoms with Crippen LogP contribution >= 0.6 is 0 Å². The topological polar surface area (TPSA) is 67.4 Å². The van der Waals surface area contributed by atoms with Crippen LogP contribution in [-0.4, -0.2) is 18.4 Å². The molecular weight excluding hydrogens is 256 g/mol. The van der Waals surface area contributed by atoms with Gasteiger partial charge in [-0.15, -0.1) is 0 Å². The number of amides is 2. The summed E-state index contributed by atoms with van der Waals surface area (Å²) < 4.78 is 5.36.